The van der Waals surface area contributed by atoms with Crippen molar-refractivity contribution in [2.75, 3.05) is 13.7 Å². The molecular weight excluding hydrogens is 260 g/mol. The maximum Gasteiger partial charge on any atom is 0.127 e. The maximum atomic E-state index is 5.95. The highest BCUT2D eigenvalue weighted by Crippen LogP contribution is 2.35. The number of benzene rings is 1. The SMILES string of the molecule is CNC(c1cccc2c1OCCC2)c1ncc(C)cc1C. The molecular formula is C18H22N2O. The van der Waals surface area contributed by atoms with Gasteiger partial charge in [-0.15, -0.1) is 0 Å². The van der Waals surface area contributed by atoms with E-state index in [-0.39, 0.29) is 6.04 Å². The van der Waals surface area contributed by atoms with Gasteiger partial charge in [0.1, 0.15) is 5.75 Å². The summed E-state index contributed by atoms with van der Waals surface area (Å²) < 4.78 is 5.95. The average molecular weight is 282 g/mol. The van der Waals surface area contributed by atoms with E-state index >= 15 is 0 Å². The van der Waals surface area contributed by atoms with Crippen molar-refractivity contribution in [3.8, 4) is 5.75 Å². The van der Waals surface area contributed by atoms with Crippen LogP contribution in [0.15, 0.2) is 30.5 Å². The van der Waals surface area contributed by atoms with Gasteiger partial charge in [-0.25, -0.2) is 0 Å². The number of ether oxygens (including phenoxy) is 1. The number of hydrogen-bond acceptors (Lipinski definition) is 3. The van der Waals surface area contributed by atoms with Crippen molar-refractivity contribution in [1.29, 1.82) is 0 Å². The molecule has 1 aliphatic rings. The van der Waals surface area contributed by atoms with Crippen LogP contribution < -0.4 is 10.1 Å². The molecule has 0 amide bonds. The number of pyridine rings is 1. The van der Waals surface area contributed by atoms with Crippen LogP contribution in [0.5, 0.6) is 5.75 Å². The molecule has 0 spiro atoms. The van der Waals surface area contributed by atoms with Crippen LogP contribution >= 0.6 is 0 Å². The minimum absolute atomic E-state index is 0.0682. The fourth-order valence-electron chi connectivity index (χ4n) is 3.11. The van der Waals surface area contributed by atoms with Crippen molar-refractivity contribution in [2.24, 2.45) is 0 Å². The largest absolute Gasteiger partial charge is 0.493 e. The van der Waals surface area contributed by atoms with Gasteiger partial charge in [-0.3, -0.25) is 4.98 Å². The molecule has 1 aromatic carbocycles. The second kappa shape index (κ2) is 5.86. The molecule has 3 heteroatoms. The molecule has 3 rings (SSSR count). The third kappa shape index (κ3) is 2.66. The van der Waals surface area contributed by atoms with Crippen LogP contribution in [0.2, 0.25) is 0 Å². The Morgan fingerprint density at radius 1 is 1.29 bits per heavy atom. The van der Waals surface area contributed by atoms with Crippen LogP contribution in [0.1, 0.15) is 40.4 Å². The summed E-state index contributed by atoms with van der Waals surface area (Å²) in [7, 11) is 1.98. The van der Waals surface area contributed by atoms with Crippen LogP contribution in [-0.4, -0.2) is 18.6 Å². The van der Waals surface area contributed by atoms with Crippen molar-refractivity contribution in [2.45, 2.75) is 32.7 Å². The van der Waals surface area contributed by atoms with E-state index in [0.29, 0.717) is 0 Å². The smallest absolute Gasteiger partial charge is 0.127 e. The lowest BCUT2D eigenvalue weighted by Crippen LogP contribution is -2.22. The van der Waals surface area contributed by atoms with E-state index in [4.69, 9.17) is 4.74 Å². The number of rotatable bonds is 3. The fraction of sp³-hybridized carbons (Fsp3) is 0.389. The van der Waals surface area contributed by atoms with Crippen LogP contribution in [0.3, 0.4) is 0 Å². The summed E-state index contributed by atoms with van der Waals surface area (Å²) in [6.07, 6.45) is 4.13. The predicted octanol–water partition coefficient (Wildman–Crippen LogP) is 3.33. The summed E-state index contributed by atoms with van der Waals surface area (Å²) in [5.74, 6) is 1.05. The first-order valence-electron chi connectivity index (χ1n) is 7.55. The minimum atomic E-state index is 0.0682. The van der Waals surface area contributed by atoms with Gasteiger partial charge in [0, 0.05) is 11.8 Å². The van der Waals surface area contributed by atoms with Gasteiger partial charge in [0.25, 0.3) is 0 Å². The van der Waals surface area contributed by atoms with Gasteiger partial charge in [-0.2, -0.15) is 0 Å². The van der Waals surface area contributed by atoms with Crippen molar-refractivity contribution in [1.82, 2.24) is 10.3 Å². The van der Waals surface area contributed by atoms with Crippen molar-refractivity contribution in [3.05, 3.63) is 58.4 Å². The molecule has 0 radical (unpaired) electrons. The molecule has 1 N–H and O–H groups in total. The Morgan fingerprint density at radius 2 is 2.14 bits per heavy atom. The van der Waals surface area contributed by atoms with E-state index in [1.54, 1.807) is 0 Å². The van der Waals surface area contributed by atoms with Gasteiger partial charge < -0.3 is 10.1 Å². The standard InChI is InChI=1S/C18H22N2O/c1-12-10-13(2)16(20-11-12)17(19-3)15-8-4-6-14-7-5-9-21-18(14)15/h4,6,8,10-11,17,19H,5,7,9H2,1-3H3. The quantitative estimate of drug-likeness (QED) is 0.937. The molecule has 2 aromatic rings. The molecule has 1 unspecified atom stereocenters. The van der Waals surface area contributed by atoms with Crippen molar-refractivity contribution in [3.63, 3.8) is 0 Å². The summed E-state index contributed by atoms with van der Waals surface area (Å²) in [5.41, 5.74) is 5.98. The predicted molar refractivity (Wildman–Crippen MR) is 84.9 cm³/mol. The Hall–Kier alpha value is -1.87. The van der Waals surface area contributed by atoms with Gasteiger partial charge in [-0.1, -0.05) is 24.3 Å². The zero-order valence-electron chi connectivity index (χ0n) is 12.9. The molecule has 2 heterocycles. The maximum absolute atomic E-state index is 5.95. The lowest BCUT2D eigenvalue weighted by atomic mass is 9.94. The molecule has 1 atom stereocenters. The lowest BCUT2D eigenvalue weighted by Gasteiger charge is -2.25. The zero-order chi connectivity index (χ0) is 14.8. The van der Waals surface area contributed by atoms with Gasteiger partial charge in [0.05, 0.1) is 18.3 Å². The highest BCUT2D eigenvalue weighted by Gasteiger charge is 2.23. The summed E-state index contributed by atoms with van der Waals surface area (Å²) in [6.45, 7) is 5.00. The summed E-state index contributed by atoms with van der Waals surface area (Å²) in [6, 6.07) is 8.69. The summed E-state index contributed by atoms with van der Waals surface area (Å²) in [4.78, 5) is 4.66. The van der Waals surface area contributed by atoms with E-state index in [1.807, 2.05) is 13.2 Å². The topological polar surface area (TPSA) is 34.1 Å². The lowest BCUT2D eigenvalue weighted by molar-refractivity contribution is 0.283. The molecule has 1 aliphatic heterocycles. The highest BCUT2D eigenvalue weighted by molar-refractivity contribution is 5.48. The number of fused-ring (bicyclic) bond motifs is 1. The summed E-state index contributed by atoms with van der Waals surface area (Å²) in [5, 5.41) is 3.40. The molecule has 1 aromatic heterocycles. The van der Waals surface area contributed by atoms with Crippen LogP contribution in [0, 0.1) is 13.8 Å². The monoisotopic (exact) mass is 282 g/mol. The van der Waals surface area contributed by atoms with Crippen molar-refractivity contribution >= 4 is 0 Å². The highest BCUT2D eigenvalue weighted by atomic mass is 16.5. The Kier molecular flexibility index (Phi) is 3.93. The molecule has 3 nitrogen and oxygen atoms in total. The van der Waals surface area contributed by atoms with E-state index in [9.17, 15) is 0 Å². The number of aromatic nitrogens is 1. The third-order valence-electron chi connectivity index (χ3n) is 4.09. The Labute approximate surface area is 126 Å². The molecule has 0 fully saturated rings. The number of aryl methyl sites for hydroxylation is 3. The van der Waals surface area contributed by atoms with Crippen LogP contribution in [0.4, 0.5) is 0 Å². The van der Waals surface area contributed by atoms with E-state index in [2.05, 4.69) is 48.4 Å². The van der Waals surface area contributed by atoms with E-state index in [0.717, 1.165) is 30.9 Å². The van der Waals surface area contributed by atoms with Gasteiger partial charge in [-0.05, 0) is 50.4 Å². The first-order chi connectivity index (χ1) is 10.2. The normalized spacial score (nSPS) is 15.2. The summed E-state index contributed by atoms with van der Waals surface area (Å²) >= 11 is 0. The third-order valence-corrected chi connectivity index (χ3v) is 4.09. The van der Waals surface area contributed by atoms with E-state index < -0.39 is 0 Å². The van der Waals surface area contributed by atoms with Gasteiger partial charge >= 0.3 is 0 Å². The molecule has 0 saturated carbocycles. The second-order valence-electron chi connectivity index (χ2n) is 5.72. The van der Waals surface area contributed by atoms with Crippen molar-refractivity contribution < 1.29 is 4.74 Å². The Bertz CT molecular complexity index is 652. The molecule has 0 aliphatic carbocycles. The first-order valence-corrected chi connectivity index (χ1v) is 7.55. The number of para-hydroxylation sites is 1. The average Bonchev–Trinajstić information content (AvgIpc) is 2.50. The van der Waals surface area contributed by atoms with Crippen LogP contribution in [-0.2, 0) is 6.42 Å². The van der Waals surface area contributed by atoms with Crippen LogP contribution in [0.25, 0.3) is 0 Å². The Balaban J connectivity index is 2.08. The second-order valence-corrected chi connectivity index (χ2v) is 5.72. The molecule has 110 valence electrons. The number of hydrogen-bond donors (Lipinski definition) is 1. The molecule has 0 saturated heterocycles. The molecule has 21 heavy (non-hydrogen) atoms. The number of nitrogens with one attached hydrogen (secondary N) is 1. The van der Waals surface area contributed by atoms with E-state index in [1.165, 1.54) is 22.3 Å². The Morgan fingerprint density at radius 3 is 2.90 bits per heavy atom. The minimum Gasteiger partial charge on any atom is -0.493 e. The zero-order valence-corrected chi connectivity index (χ0v) is 12.9. The fourth-order valence-corrected chi connectivity index (χ4v) is 3.11. The van der Waals surface area contributed by atoms with Gasteiger partial charge in [0.2, 0.25) is 0 Å². The first kappa shape index (κ1) is 14.1. The number of nitrogens with zero attached hydrogens (tertiary/aromatic N) is 1. The van der Waals surface area contributed by atoms with Gasteiger partial charge in [0.15, 0.2) is 0 Å². The molecule has 0 bridgehead atoms.